The molecule has 0 fully saturated rings. The number of alkyl halides is 3. The van der Waals surface area contributed by atoms with Crippen LogP contribution in [0.5, 0.6) is 0 Å². The van der Waals surface area contributed by atoms with Crippen LogP contribution in [-0.2, 0) is 10.9 Å². The first-order valence-corrected chi connectivity index (χ1v) is 8.26. The second-order valence-electron chi connectivity index (χ2n) is 4.80. The minimum Gasteiger partial charge on any atom is -0.462 e. The molecule has 0 atom stereocenters. The molecule has 0 radical (unpaired) electrons. The van der Waals surface area contributed by atoms with Crippen molar-refractivity contribution in [1.29, 1.82) is 5.26 Å². The third-order valence-electron chi connectivity index (χ3n) is 3.08. The van der Waals surface area contributed by atoms with Crippen LogP contribution >= 0.6 is 23.4 Å². The van der Waals surface area contributed by atoms with Crippen molar-refractivity contribution >= 4 is 29.3 Å². The van der Waals surface area contributed by atoms with E-state index in [1.54, 1.807) is 4.98 Å². The Labute approximate surface area is 154 Å². The molecule has 2 aromatic rings. The van der Waals surface area contributed by atoms with Crippen LogP contribution in [0.15, 0.2) is 38.9 Å². The number of nitrogens with zero attached hydrogens (tertiary/aromatic N) is 1. The Balaban J connectivity index is 2.69. The molecule has 0 aliphatic heterocycles. The van der Waals surface area contributed by atoms with Crippen LogP contribution in [-0.4, -0.2) is 17.6 Å². The van der Waals surface area contributed by atoms with Gasteiger partial charge in [-0.2, -0.15) is 18.4 Å². The van der Waals surface area contributed by atoms with Gasteiger partial charge in [-0.25, -0.2) is 4.79 Å². The van der Waals surface area contributed by atoms with Gasteiger partial charge < -0.3 is 9.72 Å². The van der Waals surface area contributed by atoms with Crippen LogP contribution < -0.4 is 5.56 Å². The molecule has 1 heterocycles. The maximum Gasteiger partial charge on any atom is 0.431 e. The summed E-state index contributed by atoms with van der Waals surface area (Å²) >= 11 is 6.64. The largest absolute Gasteiger partial charge is 0.462 e. The molecule has 0 aliphatic carbocycles. The number of carbonyl (C=O) groups is 1. The quantitative estimate of drug-likeness (QED) is 0.773. The summed E-state index contributed by atoms with van der Waals surface area (Å²) in [6, 6.07) is 6.82. The summed E-state index contributed by atoms with van der Waals surface area (Å²) in [7, 11) is 0. The first-order chi connectivity index (χ1) is 12.2. The van der Waals surface area contributed by atoms with Crippen molar-refractivity contribution in [2.24, 2.45) is 0 Å². The van der Waals surface area contributed by atoms with Crippen molar-refractivity contribution in [1.82, 2.24) is 4.98 Å². The number of nitrogens with one attached hydrogen (secondary N) is 1. The van der Waals surface area contributed by atoms with Gasteiger partial charge in [0.05, 0.1) is 17.2 Å². The highest BCUT2D eigenvalue weighted by Gasteiger charge is 2.34. The van der Waals surface area contributed by atoms with Gasteiger partial charge in [0.15, 0.2) is 0 Å². The molecular formula is C16H10ClF3N2O3S. The molecule has 26 heavy (non-hydrogen) atoms. The van der Waals surface area contributed by atoms with Crippen LogP contribution in [0.2, 0.25) is 5.02 Å². The number of H-pyrrole nitrogens is 1. The minimum atomic E-state index is -4.83. The zero-order chi connectivity index (χ0) is 19.5. The molecule has 136 valence electrons. The molecule has 0 aliphatic rings. The van der Waals surface area contributed by atoms with Gasteiger partial charge in [0.2, 0.25) is 0 Å². The topological polar surface area (TPSA) is 82.9 Å². The number of rotatable bonds is 4. The Morgan fingerprint density at radius 3 is 2.69 bits per heavy atom. The van der Waals surface area contributed by atoms with Crippen LogP contribution in [0.1, 0.15) is 28.5 Å². The number of halogens is 4. The Morgan fingerprint density at radius 2 is 2.12 bits per heavy atom. The Morgan fingerprint density at radius 1 is 1.42 bits per heavy atom. The third kappa shape index (κ3) is 4.20. The highest BCUT2D eigenvalue weighted by molar-refractivity contribution is 7.99. The number of hydrogen-bond donors (Lipinski definition) is 1. The standard InChI is InChI=1S/C16H10ClF3N2O3S/c1-2-25-15(24)12-10(6-11(16(18,19)20)22-14(12)23)26-13-8(7-21)4-3-5-9(13)17/h3-6H,2H2,1H3,(H,22,23). The highest BCUT2D eigenvalue weighted by atomic mass is 35.5. The van der Waals surface area contributed by atoms with Crippen molar-refractivity contribution in [3.05, 3.63) is 56.5 Å². The Bertz CT molecular complexity index is 951. The number of aromatic nitrogens is 1. The molecule has 0 bridgehead atoms. The molecule has 0 saturated heterocycles. The number of ether oxygens (including phenoxy) is 1. The smallest absolute Gasteiger partial charge is 0.431 e. The predicted octanol–water partition coefficient (Wildman–Crippen LogP) is 4.25. The molecular weight excluding hydrogens is 393 g/mol. The van der Waals surface area contributed by atoms with Gasteiger partial charge in [-0.05, 0) is 25.1 Å². The lowest BCUT2D eigenvalue weighted by molar-refractivity contribution is -0.141. The minimum absolute atomic E-state index is 0.0705. The molecule has 2 rings (SSSR count). The molecule has 1 aromatic heterocycles. The lowest BCUT2D eigenvalue weighted by Gasteiger charge is -2.13. The number of esters is 1. The summed E-state index contributed by atoms with van der Waals surface area (Å²) < 4.78 is 43.8. The Kier molecular flexibility index (Phi) is 6.00. The highest BCUT2D eigenvalue weighted by Crippen LogP contribution is 2.39. The average molecular weight is 403 g/mol. The van der Waals surface area contributed by atoms with Gasteiger partial charge >= 0.3 is 12.1 Å². The fourth-order valence-corrected chi connectivity index (χ4v) is 3.33. The molecule has 1 N–H and O–H groups in total. The first kappa shape index (κ1) is 19.9. The maximum atomic E-state index is 13.0. The Hall–Kier alpha value is -2.44. The molecule has 5 nitrogen and oxygen atoms in total. The molecule has 0 unspecified atom stereocenters. The van der Waals surface area contributed by atoms with Gasteiger partial charge in [0.25, 0.3) is 5.56 Å². The fourth-order valence-electron chi connectivity index (χ4n) is 1.98. The van der Waals surface area contributed by atoms with Crippen LogP contribution in [0, 0.1) is 11.3 Å². The molecule has 0 amide bonds. The summed E-state index contributed by atoms with van der Waals surface area (Å²) in [6.07, 6.45) is -4.83. The number of benzene rings is 1. The summed E-state index contributed by atoms with van der Waals surface area (Å²) in [4.78, 5) is 25.6. The second kappa shape index (κ2) is 7.85. The average Bonchev–Trinajstić information content (AvgIpc) is 2.55. The number of hydrogen-bond acceptors (Lipinski definition) is 5. The number of nitriles is 1. The second-order valence-corrected chi connectivity index (χ2v) is 6.26. The summed E-state index contributed by atoms with van der Waals surface area (Å²) in [5.74, 6) is -1.07. The number of aromatic amines is 1. The van der Waals surface area contributed by atoms with Crippen LogP contribution in [0.4, 0.5) is 13.2 Å². The van der Waals surface area contributed by atoms with E-state index in [0.717, 1.165) is 0 Å². The van der Waals surface area contributed by atoms with Gasteiger partial charge in [0.1, 0.15) is 17.3 Å². The van der Waals surface area contributed by atoms with Gasteiger partial charge in [-0.1, -0.05) is 29.4 Å². The first-order valence-electron chi connectivity index (χ1n) is 7.07. The molecule has 0 spiro atoms. The van der Waals surface area contributed by atoms with Crippen molar-refractivity contribution in [2.75, 3.05) is 6.61 Å². The van der Waals surface area contributed by atoms with E-state index in [2.05, 4.69) is 0 Å². The lowest BCUT2D eigenvalue weighted by Crippen LogP contribution is -2.25. The van der Waals surface area contributed by atoms with Crippen molar-refractivity contribution in [3.63, 3.8) is 0 Å². The van der Waals surface area contributed by atoms with Gasteiger partial charge in [-0.3, -0.25) is 4.79 Å². The van der Waals surface area contributed by atoms with E-state index in [4.69, 9.17) is 21.6 Å². The van der Waals surface area contributed by atoms with Crippen LogP contribution in [0.3, 0.4) is 0 Å². The van der Waals surface area contributed by atoms with E-state index in [1.807, 2.05) is 6.07 Å². The molecule has 1 aromatic carbocycles. The number of carbonyl (C=O) groups excluding carboxylic acids is 1. The molecule has 10 heteroatoms. The van der Waals surface area contributed by atoms with E-state index in [9.17, 15) is 22.8 Å². The van der Waals surface area contributed by atoms with E-state index < -0.39 is 29.0 Å². The van der Waals surface area contributed by atoms with Crippen LogP contribution in [0.25, 0.3) is 0 Å². The zero-order valence-corrected chi connectivity index (χ0v) is 14.7. The van der Waals surface area contributed by atoms with E-state index in [0.29, 0.717) is 17.8 Å². The summed E-state index contributed by atoms with van der Waals surface area (Å²) in [5, 5.41) is 9.26. The summed E-state index contributed by atoms with van der Waals surface area (Å²) in [5.41, 5.74) is -3.07. The fraction of sp³-hybridized carbons (Fsp3) is 0.188. The SMILES string of the molecule is CCOC(=O)c1c(Sc2c(Cl)cccc2C#N)cc(C(F)(F)F)[nH]c1=O. The normalized spacial score (nSPS) is 11.1. The summed E-state index contributed by atoms with van der Waals surface area (Å²) in [6.45, 7) is 1.42. The monoisotopic (exact) mass is 402 g/mol. The van der Waals surface area contributed by atoms with Gasteiger partial charge in [0, 0.05) is 9.79 Å². The van der Waals surface area contributed by atoms with E-state index in [-0.39, 0.29) is 27.0 Å². The van der Waals surface area contributed by atoms with E-state index >= 15 is 0 Å². The number of pyridine rings is 1. The van der Waals surface area contributed by atoms with Crippen molar-refractivity contribution in [3.8, 4) is 6.07 Å². The van der Waals surface area contributed by atoms with Crippen molar-refractivity contribution < 1.29 is 22.7 Å². The molecule has 0 saturated carbocycles. The maximum absolute atomic E-state index is 13.0. The zero-order valence-electron chi connectivity index (χ0n) is 13.1. The third-order valence-corrected chi connectivity index (χ3v) is 4.69. The van der Waals surface area contributed by atoms with Gasteiger partial charge in [-0.15, -0.1) is 0 Å². The van der Waals surface area contributed by atoms with E-state index in [1.165, 1.54) is 25.1 Å². The van der Waals surface area contributed by atoms with Crippen molar-refractivity contribution in [2.45, 2.75) is 22.9 Å². The predicted molar refractivity (Wildman–Crippen MR) is 88.3 cm³/mol. The lowest BCUT2D eigenvalue weighted by atomic mass is 10.2.